The van der Waals surface area contributed by atoms with Crippen molar-refractivity contribution in [1.82, 2.24) is 4.98 Å². The molecule has 76 valence electrons. The third kappa shape index (κ3) is 1.64. The second kappa shape index (κ2) is 3.47. The van der Waals surface area contributed by atoms with E-state index in [9.17, 15) is 10.1 Å². The Balaban J connectivity index is 2.83. The predicted octanol–water partition coefficient (Wildman–Crippen LogP) is 3.10. The number of pyridine rings is 1. The van der Waals surface area contributed by atoms with Gasteiger partial charge in [0.05, 0.1) is 15.5 Å². The van der Waals surface area contributed by atoms with Crippen LogP contribution in [0.2, 0.25) is 5.02 Å². The van der Waals surface area contributed by atoms with E-state index in [0.29, 0.717) is 21.5 Å². The number of aromatic nitrogens is 1. The number of hydrogen-bond donors (Lipinski definition) is 0. The van der Waals surface area contributed by atoms with E-state index in [4.69, 9.17) is 11.6 Å². The van der Waals surface area contributed by atoms with Crippen molar-refractivity contribution in [3.05, 3.63) is 45.1 Å². The normalized spacial score (nSPS) is 10.5. The Labute approximate surface area is 90.7 Å². The lowest BCUT2D eigenvalue weighted by Crippen LogP contribution is -1.92. The van der Waals surface area contributed by atoms with Crippen LogP contribution in [0.15, 0.2) is 24.4 Å². The van der Waals surface area contributed by atoms with E-state index in [1.54, 1.807) is 25.3 Å². The topological polar surface area (TPSA) is 56.0 Å². The van der Waals surface area contributed by atoms with Gasteiger partial charge in [-0.25, -0.2) is 0 Å². The molecule has 1 aromatic carbocycles. The van der Waals surface area contributed by atoms with Gasteiger partial charge in [0, 0.05) is 23.2 Å². The van der Waals surface area contributed by atoms with Crippen LogP contribution in [-0.4, -0.2) is 9.91 Å². The minimum atomic E-state index is -0.419. The van der Waals surface area contributed by atoms with Gasteiger partial charge in [0.1, 0.15) is 0 Å². The zero-order chi connectivity index (χ0) is 11.0. The Morgan fingerprint density at radius 1 is 1.47 bits per heavy atom. The summed E-state index contributed by atoms with van der Waals surface area (Å²) in [6, 6.07) is 4.74. The smallest absolute Gasteiger partial charge is 0.258 e. The fourth-order valence-corrected chi connectivity index (χ4v) is 1.66. The van der Waals surface area contributed by atoms with Gasteiger partial charge in [-0.2, -0.15) is 0 Å². The maximum absolute atomic E-state index is 10.7. The average Bonchev–Trinajstić information content (AvgIpc) is 2.16. The molecular formula is C10H7ClN2O2. The predicted molar refractivity (Wildman–Crippen MR) is 58.1 cm³/mol. The Morgan fingerprint density at radius 3 is 2.87 bits per heavy atom. The Morgan fingerprint density at radius 2 is 2.20 bits per heavy atom. The number of nitrogens with zero attached hydrogens (tertiary/aromatic N) is 2. The van der Waals surface area contributed by atoms with Crippen LogP contribution in [-0.2, 0) is 0 Å². The van der Waals surface area contributed by atoms with Gasteiger partial charge in [-0.15, -0.1) is 0 Å². The van der Waals surface area contributed by atoms with E-state index in [-0.39, 0.29) is 5.69 Å². The number of hydrogen-bond acceptors (Lipinski definition) is 3. The first-order valence-corrected chi connectivity index (χ1v) is 4.66. The largest absolute Gasteiger partial charge is 0.273 e. The molecule has 0 atom stereocenters. The molecule has 2 rings (SSSR count). The highest BCUT2D eigenvalue weighted by Gasteiger charge is 2.13. The highest BCUT2D eigenvalue weighted by atomic mass is 35.5. The molecule has 1 aromatic heterocycles. The van der Waals surface area contributed by atoms with Gasteiger partial charge >= 0.3 is 0 Å². The molecule has 0 radical (unpaired) electrons. The third-order valence-electron chi connectivity index (χ3n) is 2.20. The van der Waals surface area contributed by atoms with Crippen LogP contribution in [0.5, 0.6) is 0 Å². The van der Waals surface area contributed by atoms with Gasteiger partial charge in [-0.1, -0.05) is 11.6 Å². The molecule has 4 nitrogen and oxygen atoms in total. The molecule has 0 bridgehead atoms. The van der Waals surface area contributed by atoms with E-state index in [1.807, 2.05) is 0 Å². The minimum Gasteiger partial charge on any atom is -0.258 e. The van der Waals surface area contributed by atoms with Gasteiger partial charge in [-0.3, -0.25) is 15.1 Å². The highest BCUT2D eigenvalue weighted by molar-refractivity contribution is 6.35. The molecule has 0 spiro atoms. The van der Waals surface area contributed by atoms with Crippen LogP contribution in [0.1, 0.15) is 5.56 Å². The molecule has 5 heteroatoms. The summed E-state index contributed by atoms with van der Waals surface area (Å²) in [4.78, 5) is 14.4. The van der Waals surface area contributed by atoms with Crippen molar-refractivity contribution >= 4 is 28.2 Å². The number of rotatable bonds is 1. The SMILES string of the molecule is Cc1cc2nccc(Cl)c2cc1[N+](=O)[O-]. The van der Waals surface area contributed by atoms with E-state index in [2.05, 4.69) is 4.98 Å². The van der Waals surface area contributed by atoms with Gasteiger partial charge < -0.3 is 0 Å². The average molecular weight is 223 g/mol. The first kappa shape index (κ1) is 9.86. The standard InChI is InChI=1S/C10H7ClN2O2/c1-6-4-9-7(5-10(6)13(14)15)8(11)2-3-12-9/h2-5H,1H3. The van der Waals surface area contributed by atoms with Gasteiger partial charge in [0.15, 0.2) is 0 Å². The van der Waals surface area contributed by atoms with Crippen LogP contribution in [0, 0.1) is 17.0 Å². The second-order valence-electron chi connectivity index (χ2n) is 3.21. The van der Waals surface area contributed by atoms with Crippen molar-refractivity contribution in [2.45, 2.75) is 6.92 Å². The Hall–Kier alpha value is -1.68. The number of nitro groups is 1. The second-order valence-corrected chi connectivity index (χ2v) is 3.61. The molecule has 0 aliphatic carbocycles. The van der Waals surface area contributed by atoms with Crippen LogP contribution in [0.3, 0.4) is 0 Å². The van der Waals surface area contributed by atoms with Crippen molar-refractivity contribution in [3.63, 3.8) is 0 Å². The van der Waals surface area contributed by atoms with Gasteiger partial charge in [-0.05, 0) is 19.1 Å². The summed E-state index contributed by atoms with van der Waals surface area (Å²) in [5, 5.41) is 11.8. The molecule has 2 aromatic rings. The van der Waals surface area contributed by atoms with Crippen molar-refractivity contribution < 1.29 is 4.92 Å². The quantitative estimate of drug-likeness (QED) is 0.550. The number of aryl methyl sites for hydroxylation is 1. The third-order valence-corrected chi connectivity index (χ3v) is 2.53. The Bertz CT molecular complexity index is 554. The van der Waals surface area contributed by atoms with Gasteiger partial charge in [0.25, 0.3) is 5.69 Å². The summed E-state index contributed by atoms with van der Waals surface area (Å²) in [5.74, 6) is 0. The van der Waals surface area contributed by atoms with Crippen LogP contribution in [0.4, 0.5) is 5.69 Å². The van der Waals surface area contributed by atoms with E-state index < -0.39 is 4.92 Å². The van der Waals surface area contributed by atoms with E-state index >= 15 is 0 Å². The van der Waals surface area contributed by atoms with Gasteiger partial charge in [0.2, 0.25) is 0 Å². The lowest BCUT2D eigenvalue weighted by molar-refractivity contribution is -0.385. The number of nitro benzene ring substituents is 1. The monoisotopic (exact) mass is 222 g/mol. The molecule has 0 aliphatic rings. The minimum absolute atomic E-state index is 0.0670. The summed E-state index contributed by atoms with van der Waals surface area (Å²) >= 11 is 5.92. The number of fused-ring (bicyclic) bond motifs is 1. The lowest BCUT2D eigenvalue weighted by Gasteiger charge is -2.01. The molecule has 0 saturated carbocycles. The van der Waals surface area contributed by atoms with Crippen LogP contribution >= 0.6 is 11.6 Å². The molecule has 0 N–H and O–H groups in total. The zero-order valence-corrected chi connectivity index (χ0v) is 8.65. The molecule has 0 unspecified atom stereocenters. The fraction of sp³-hybridized carbons (Fsp3) is 0.100. The number of halogens is 1. The lowest BCUT2D eigenvalue weighted by atomic mass is 10.1. The molecule has 0 aliphatic heterocycles. The maximum atomic E-state index is 10.7. The number of benzene rings is 1. The molecule has 1 heterocycles. The molecule has 0 saturated heterocycles. The summed E-state index contributed by atoms with van der Waals surface area (Å²) in [5.41, 5.74) is 1.32. The van der Waals surface area contributed by atoms with E-state index in [0.717, 1.165) is 0 Å². The van der Waals surface area contributed by atoms with E-state index in [1.165, 1.54) is 6.07 Å². The van der Waals surface area contributed by atoms with Crippen molar-refractivity contribution in [2.24, 2.45) is 0 Å². The summed E-state index contributed by atoms with van der Waals surface area (Å²) in [7, 11) is 0. The van der Waals surface area contributed by atoms with Crippen LogP contribution in [0.25, 0.3) is 10.9 Å². The molecule has 0 amide bonds. The fourth-order valence-electron chi connectivity index (χ4n) is 1.45. The van der Waals surface area contributed by atoms with Crippen molar-refractivity contribution in [2.75, 3.05) is 0 Å². The van der Waals surface area contributed by atoms with Crippen molar-refractivity contribution in [1.29, 1.82) is 0 Å². The summed E-state index contributed by atoms with van der Waals surface area (Å²) < 4.78 is 0. The van der Waals surface area contributed by atoms with Crippen molar-refractivity contribution in [3.8, 4) is 0 Å². The highest BCUT2D eigenvalue weighted by Crippen LogP contribution is 2.28. The zero-order valence-electron chi connectivity index (χ0n) is 7.90. The first-order chi connectivity index (χ1) is 7.09. The maximum Gasteiger partial charge on any atom is 0.273 e. The summed E-state index contributed by atoms with van der Waals surface area (Å²) in [6.07, 6.45) is 1.58. The summed E-state index contributed by atoms with van der Waals surface area (Å²) in [6.45, 7) is 1.68. The Kier molecular flexibility index (Phi) is 2.28. The molecule has 0 fully saturated rings. The first-order valence-electron chi connectivity index (χ1n) is 4.29. The van der Waals surface area contributed by atoms with Crippen LogP contribution < -0.4 is 0 Å². The molecular weight excluding hydrogens is 216 g/mol. The molecule has 15 heavy (non-hydrogen) atoms.